The summed E-state index contributed by atoms with van der Waals surface area (Å²) in [6.07, 6.45) is 1.63. The first-order valence-electron chi connectivity index (χ1n) is 11.2. The van der Waals surface area contributed by atoms with Gasteiger partial charge in [-0.1, -0.05) is 66.7 Å². The molecule has 5 nitrogen and oxygen atoms in total. The highest BCUT2D eigenvalue weighted by molar-refractivity contribution is 6.12. The molecule has 1 spiro atoms. The molecule has 0 aliphatic carbocycles. The molecule has 3 heterocycles. The van der Waals surface area contributed by atoms with Gasteiger partial charge in [0.15, 0.2) is 5.78 Å². The van der Waals surface area contributed by atoms with Crippen LogP contribution in [0.2, 0.25) is 0 Å². The molecule has 3 aromatic carbocycles. The van der Waals surface area contributed by atoms with Crippen LogP contribution in [0.15, 0.2) is 91.1 Å². The number of benzene rings is 3. The molecule has 2 aliphatic rings. The van der Waals surface area contributed by atoms with Gasteiger partial charge in [-0.25, -0.2) is 0 Å². The number of rotatable bonds is 3. The summed E-state index contributed by atoms with van der Waals surface area (Å²) in [5, 5.41) is 5.32. The Balaban J connectivity index is 1.57. The number of para-hydroxylation sites is 1. The van der Waals surface area contributed by atoms with Crippen molar-refractivity contribution in [3.8, 4) is 0 Å². The Morgan fingerprint density at radius 3 is 2.55 bits per heavy atom. The first kappa shape index (κ1) is 19.8. The molecule has 4 aromatic rings. The third-order valence-corrected chi connectivity index (χ3v) is 7.26. The zero-order valence-corrected chi connectivity index (χ0v) is 18.2. The van der Waals surface area contributed by atoms with Crippen molar-refractivity contribution in [2.45, 2.75) is 11.5 Å². The molecule has 1 saturated heterocycles. The summed E-state index contributed by atoms with van der Waals surface area (Å²) in [6, 6.07) is 27.6. The third-order valence-electron chi connectivity index (χ3n) is 7.26. The summed E-state index contributed by atoms with van der Waals surface area (Å²) in [7, 11) is 1.95. The van der Waals surface area contributed by atoms with Gasteiger partial charge in [-0.05, 0) is 41.6 Å². The number of hydrogen-bond donors (Lipinski definition) is 1. The minimum atomic E-state index is -1.08. The van der Waals surface area contributed by atoms with Crippen LogP contribution in [0.4, 0.5) is 5.69 Å². The van der Waals surface area contributed by atoms with Gasteiger partial charge in [-0.3, -0.25) is 19.5 Å². The Morgan fingerprint density at radius 1 is 0.970 bits per heavy atom. The second-order valence-corrected chi connectivity index (χ2v) is 8.92. The van der Waals surface area contributed by atoms with Gasteiger partial charge in [0.25, 0.3) is 0 Å². The Labute approximate surface area is 192 Å². The van der Waals surface area contributed by atoms with Crippen LogP contribution in [0, 0.1) is 5.92 Å². The third kappa shape index (κ3) is 2.79. The molecule has 0 saturated carbocycles. The largest absolute Gasteiger partial charge is 0.324 e. The van der Waals surface area contributed by atoms with Gasteiger partial charge in [0.2, 0.25) is 5.91 Å². The van der Waals surface area contributed by atoms with Crippen molar-refractivity contribution in [2.24, 2.45) is 5.92 Å². The molecular weight excluding hydrogens is 410 g/mol. The van der Waals surface area contributed by atoms with Crippen molar-refractivity contribution in [3.63, 3.8) is 0 Å². The van der Waals surface area contributed by atoms with E-state index in [1.165, 1.54) is 0 Å². The summed E-state index contributed by atoms with van der Waals surface area (Å²) in [4.78, 5) is 34.2. The molecule has 0 unspecified atom stereocenters. The van der Waals surface area contributed by atoms with Crippen molar-refractivity contribution < 1.29 is 9.59 Å². The number of aromatic nitrogens is 1. The lowest BCUT2D eigenvalue weighted by Crippen LogP contribution is -2.51. The fourth-order valence-corrected chi connectivity index (χ4v) is 5.80. The quantitative estimate of drug-likeness (QED) is 0.479. The topological polar surface area (TPSA) is 62.3 Å². The monoisotopic (exact) mass is 433 g/mol. The maximum atomic E-state index is 14.1. The lowest BCUT2D eigenvalue weighted by Gasteiger charge is -2.35. The fourth-order valence-electron chi connectivity index (χ4n) is 5.80. The number of pyridine rings is 1. The van der Waals surface area contributed by atoms with Crippen LogP contribution in [0.5, 0.6) is 0 Å². The van der Waals surface area contributed by atoms with E-state index in [-0.39, 0.29) is 17.6 Å². The van der Waals surface area contributed by atoms with Crippen LogP contribution in [-0.4, -0.2) is 35.2 Å². The van der Waals surface area contributed by atoms with Crippen molar-refractivity contribution in [1.82, 2.24) is 9.88 Å². The predicted molar refractivity (Wildman–Crippen MR) is 128 cm³/mol. The van der Waals surface area contributed by atoms with E-state index < -0.39 is 11.5 Å². The van der Waals surface area contributed by atoms with E-state index in [9.17, 15) is 9.59 Å². The molecule has 0 radical (unpaired) electrons. The first-order chi connectivity index (χ1) is 16.1. The molecule has 1 amide bonds. The van der Waals surface area contributed by atoms with E-state index in [1.54, 1.807) is 18.3 Å². The van der Waals surface area contributed by atoms with E-state index in [1.807, 2.05) is 49.5 Å². The summed E-state index contributed by atoms with van der Waals surface area (Å²) in [5.41, 5.74) is 1.99. The number of anilines is 1. The molecule has 2 aliphatic heterocycles. The van der Waals surface area contributed by atoms with Crippen LogP contribution in [0.1, 0.15) is 27.5 Å². The number of Topliss-reactive ketones (excluding diaryl/α,β-unsaturated/α-hetero) is 1. The van der Waals surface area contributed by atoms with Crippen LogP contribution < -0.4 is 5.32 Å². The number of nitrogens with one attached hydrogen (secondary N) is 1. The molecule has 33 heavy (non-hydrogen) atoms. The number of carbonyl (C=O) groups is 2. The molecule has 1 aromatic heterocycles. The average Bonchev–Trinajstić information content (AvgIpc) is 3.33. The number of likely N-dealkylation sites (N-methyl/N-ethyl adjacent to an activating group) is 1. The number of carbonyl (C=O) groups excluding carboxylic acids is 2. The van der Waals surface area contributed by atoms with Gasteiger partial charge < -0.3 is 5.32 Å². The van der Waals surface area contributed by atoms with Crippen molar-refractivity contribution >= 4 is 28.2 Å². The Hall–Kier alpha value is -3.83. The Bertz CT molecular complexity index is 1400. The highest BCUT2D eigenvalue weighted by Gasteiger charge is 2.64. The molecule has 6 rings (SSSR count). The molecule has 3 atom stereocenters. The molecule has 1 N–H and O–H groups in total. The number of hydrogen-bond acceptors (Lipinski definition) is 4. The second-order valence-electron chi connectivity index (χ2n) is 8.92. The molecular formula is C28H23N3O2. The van der Waals surface area contributed by atoms with Crippen LogP contribution in [-0.2, 0) is 10.3 Å². The van der Waals surface area contributed by atoms with E-state index in [0.717, 1.165) is 27.6 Å². The molecule has 5 heteroatoms. The van der Waals surface area contributed by atoms with Crippen molar-refractivity contribution in [1.29, 1.82) is 0 Å². The van der Waals surface area contributed by atoms with E-state index in [2.05, 4.69) is 45.5 Å². The standard InChI is InChI=1S/C28H23N3O2/c1-31-17-21(20-14-13-18-8-2-3-9-19(18)16-20)25(26(32)24-12-6-7-15-29-24)28(31)22-10-4-5-11-23(22)30-27(28)33/h2-16,21,25H,17H2,1H3,(H,30,33)/t21-,25+,28-/m0/s1. The lowest BCUT2D eigenvalue weighted by atomic mass is 9.71. The second kappa shape index (κ2) is 7.36. The number of amides is 1. The summed E-state index contributed by atoms with van der Waals surface area (Å²) in [5.74, 6) is -1.03. The maximum Gasteiger partial charge on any atom is 0.250 e. The maximum absolute atomic E-state index is 14.1. The predicted octanol–water partition coefficient (Wildman–Crippen LogP) is 4.61. The van der Waals surface area contributed by atoms with E-state index in [4.69, 9.17) is 0 Å². The van der Waals surface area contributed by atoms with Gasteiger partial charge >= 0.3 is 0 Å². The summed E-state index contributed by atoms with van der Waals surface area (Å²) < 4.78 is 0. The van der Waals surface area contributed by atoms with Crippen LogP contribution in [0.3, 0.4) is 0 Å². The first-order valence-corrected chi connectivity index (χ1v) is 11.2. The Morgan fingerprint density at radius 2 is 1.73 bits per heavy atom. The van der Waals surface area contributed by atoms with Crippen LogP contribution >= 0.6 is 0 Å². The van der Waals surface area contributed by atoms with Gasteiger partial charge in [0.05, 0.1) is 5.92 Å². The zero-order chi connectivity index (χ0) is 22.6. The SMILES string of the molecule is CN1C[C@@H](c2ccc3ccccc3c2)[C@H](C(=O)c2ccccn2)[C@@]12C(=O)Nc1ccccc12. The van der Waals surface area contributed by atoms with Gasteiger partial charge in [0, 0.05) is 29.9 Å². The molecule has 0 bridgehead atoms. The smallest absolute Gasteiger partial charge is 0.250 e. The summed E-state index contributed by atoms with van der Waals surface area (Å²) in [6.45, 7) is 0.587. The van der Waals surface area contributed by atoms with Gasteiger partial charge in [-0.2, -0.15) is 0 Å². The van der Waals surface area contributed by atoms with Crippen molar-refractivity contribution in [2.75, 3.05) is 18.9 Å². The van der Waals surface area contributed by atoms with Crippen LogP contribution in [0.25, 0.3) is 10.8 Å². The highest BCUT2D eigenvalue weighted by atomic mass is 16.2. The number of nitrogens with zero attached hydrogens (tertiary/aromatic N) is 2. The Kier molecular flexibility index (Phi) is 4.42. The number of likely N-dealkylation sites (tertiary alicyclic amines) is 1. The van der Waals surface area contributed by atoms with Crippen molar-refractivity contribution in [3.05, 3.63) is 108 Å². The fraction of sp³-hybridized carbons (Fsp3) is 0.179. The minimum Gasteiger partial charge on any atom is -0.324 e. The lowest BCUT2D eigenvalue weighted by molar-refractivity contribution is -0.126. The van der Waals surface area contributed by atoms with E-state index >= 15 is 0 Å². The average molecular weight is 434 g/mol. The highest BCUT2D eigenvalue weighted by Crippen LogP contribution is 2.55. The zero-order valence-electron chi connectivity index (χ0n) is 18.2. The molecule has 1 fully saturated rings. The normalized spacial score (nSPS) is 24.2. The summed E-state index contributed by atoms with van der Waals surface area (Å²) >= 11 is 0. The number of fused-ring (bicyclic) bond motifs is 3. The minimum absolute atomic E-state index is 0.107. The van der Waals surface area contributed by atoms with Gasteiger partial charge in [-0.15, -0.1) is 0 Å². The molecule has 162 valence electrons. The van der Waals surface area contributed by atoms with Gasteiger partial charge in [0.1, 0.15) is 11.2 Å². The van der Waals surface area contributed by atoms with E-state index in [0.29, 0.717) is 12.2 Å². The number of ketones is 1.